The average molecular weight is 407 g/mol. The van der Waals surface area contributed by atoms with Crippen LogP contribution >= 0.6 is 11.8 Å². The Labute approximate surface area is 171 Å². The topological polar surface area (TPSA) is 46.2 Å². The molecule has 1 aliphatic heterocycles. The van der Waals surface area contributed by atoms with Crippen molar-refractivity contribution < 1.29 is 23.7 Å². The third kappa shape index (κ3) is 9.01. The highest BCUT2D eigenvalue weighted by molar-refractivity contribution is 7.99. The predicted octanol–water partition coefficient (Wildman–Crippen LogP) is 4.67. The Morgan fingerprint density at radius 3 is 1.93 bits per heavy atom. The Morgan fingerprint density at radius 2 is 1.37 bits per heavy atom. The maximum atomic E-state index is 6.40. The summed E-state index contributed by atoms with van der Waals surface area (Å²) in [6, 6.07) is 0. The third-order valence-electron chi connectivity index (χ3n) is 4.74. The number of hydrogen-bond donors (Lipinski definition) is 0. The molecule has 27 heavy (non-hydrogen) atoms. The molecule has 0 aromatic rings. The second kappa shape index (κ2) is 16.0. The molecular weight excluding hydrogens is 364 g/mol. The van der Waals surface area contributed by atoms with E-state index in [4.69, 9.17) is 23.7 Å². The minimum Gasteiger partial charge on any atom is -0.379 e. The van der Waals surface area contributed by atoms with E-state index in [2.05, 4.69) is 27.7 Å². The average Bonchev–Trinajstić information content (AvgIpc) is 2.67. The maximum absolute atomic E-state index is 6.40. The first-order valence-electron chi connectivity index (χ1n) is 10.8. The molecule has 0 N–H and O–H groups in total. The van der Waals surface area contributed by atoms with Gasteiger partial charge in [-0.05, 0) is 25.0 Å². The van der Waals surface area contributed by atoms with Crippen LogP contribution in [0.25, 0.3) is 0 Å². The molecule has 0 saturated carbocycles. The number of rotatable bonds is 16. The van der Waals surface area contributed by atoms with E-state index >= 15 is 0 Å². The zero-order chi connectivity index (χ0) is 19.9. The van der Waals surface area contributed by atoms with E-state index in [1.54, 1.807) is 18.9 Å². The molecule has 0 spiro atoms. The van der Waals surface area contributed by atoms with Crippen LogP contribution in [-0.2, 0) is 23.7 Å². The summed E-state index contributed by atoms with van der Waals surface area (Å²) in [6.45, 7) is 11.4. The summed E-state index contributed by atoms with van der Waals surface area (Å²) in [7, 11) is 1.74. The monoisotopic (exact) mass is 406 g/mol. The van der Waals surface area contributed by atoms with E-state index in [0.717, 1.165) is 57.5 Å². The first kappa shape index (κ1) is 25.2. The van der Waals surface area contributed by atoms with Gasteiger partial charge in [-0.2, -0.15) is 0 Å². The first-order chi connectivity index (χ1) is 13.2. The maximum Gasteiger partial charge on any atom is 0.132 e. The van der Waals surface area contributed by atoms with Gasteiger partial charge in [0.25, 0.3) is 0 Å². The second-order valence-electron chi connectivity index (χ2n) is 7.00. The number of thioether (sulfide) groups is 1. The molecule has 1 rings (SSSR count). The zero-order valence-corrected chi connectivity index (χ0v) is 18.9. The second-order valence-corrected chi connectivity index (χ2v) is 8.38. The van der Waals surface area contributed by atoms with Crippen LogP contribution in [0, 0.1) is 0 Å². The predicted molar refractivity (Wildman–Crippen MR) is 113 cm³/mol. The Kier molecular flexibility index (Phi) is 14.9. The van der Waals surface area contributed by atoms with Crippen LogP contribution in [0.5, 0.6) is 0 Å². The molecule has 1 aliphatic rings. The van der Waals surface area contributed by atoms with Crippen LogP contribution in [0.3, 0.4) is 0 Å². The number of hydrogen-bond acceptors (Lipinski definition) is 6. The van der Waals surface area contributed by atoms with Crippen molar-refractivity contribution in [1.82, 2.24) is 0 Å². The van der Waals surface area contributed by atoms with Crippen LogP contribution in [0.15, 0.2) is 0 Å². The summed E-state index contributed by atoms with van der Waals surface area (Å²) in [5.41, 5.74) is -0.0579. The molecule has 1 fully saturated rings. The Hall–Kier alpha value is 0.150. The molecule has 0 radical (unpaired) electrons. The van der Waals surface area contributed by atoms with Crippen molar-refractivity contribution in [2.75, 3.05) is 39.3 Å². The highest BCUT2D eigenvalue weighted by Crippen LogP contribution is 2.33. The lowest BCUT2D eigenvalue weighted by Gasteiger charge is -2.45. The van der Waals surface area contributed by atoms with Crippen molar-refractivity contribution in [3.63, 3.8) is 0 Å². The smallest absolute Gasteiger partial charge is 0.132 e. The lowest BCUT2D eigenvalue weighted by Crippen LogP contribution is -2.60. The normalized spacial score (nSPS) is 28.6. The van der Waals surface area contributed by atoms with E-state index in [-0.39, 0.29) is 29.9 Å². The van der Waals surface area contributed by atoms with Crippen molar-refractivity contribution in [1.29, 1.82) is 0 Å². The summed E-state index contributed by atoms with van der Waals surface area (Å²) in [5.74, 6) is 0.969. The Morgan fingerprint density at radius 1 is 0.778 bits per heavy atom. The van der Waals surface area contributed by atoms with Gasteiger partial charge in [-0.3, -0.25) is 0 Å². The highest BCUT2D eigenvalue weighted by Gasteiger charge is 2.47. The summed E-state index contributed by atoms with van der Waals surface area (Å²) in [6.07, 6.45) is 5.94. The van der Waals surface area contributed by atoms with Gasteiger partial charge in [0.05, 0.1) is 6.61 Å². The van der Waals surface area contributed by atoms with Crippen LogP contribution < -0.4 is 0 Å². The van der Waals surface area contributed by atoms with Crippen molar-refractivity contribution in [2.45, 2.75) is 96.1 Å². The fourth-order valence-electron chi connectivity index (χ4n) is 3.12. The lowest BCUT2D eigenvalue weighted by atomic mass is 9.99. The van der Waals surface area contributed by atoms with Crippen molar-refractivity contribution >= 4 is 11.8 Å². The molecular formula is C21H42O5S. The zero-order valence-electron chi connectivity index (χ0n) is 18.1. The van der Waals surface area contributed by atoms with E-state index in [9.17, 15) is 0 Å². The van der Waals surface area contributed by atoms with E-state index in [1.807, 2.05) is 0 Å². The van der Waals surface area contributed by atoms with Gasteiger partial charge >= 0.3 is 0 Å². The summed E-state index contributed by atoms with van der Waals surface area (Å²) >= 11 is 1.77. The summed E-state index contributed by atoms with van der Waals surface area (Å²) in [4.78, 5) is 0. The van der Waals surface area contributed by atoms with Crippen LogP contribution in [0.4, 0.5) is 0 Å². The number of ether oxygens (including phenoxy) is 5. The van der Waals surface area contributed by atoms with Crippen LogP contribution in [0.2, 0.25) is 0 Å². The Bertz CT molecular complexity index is 345. The number of methoxy groups -OCH3 is 1. The fraction of sp³-hybridized carbons (Fsp3) is 1.00. The first-order valence-corrected chi connectivity index (χ1v) is 11.9. The highest BCUT2D eigenvalue weighted by atomic mass is 32.2. The molecule has 0 aromatic heterocycles. The van der Waals surface area contributed by atoms with Gasteiger partial charge in [0, 0.05) is 26.9 Å². The molecule has 0 bridgehead atoms. The molecule has 3 unspecified atom stereocenters. The summed E-state index contributed by atoms with van der Waals surface area (Å²) in [5, 5.41) is 0. The molecule has 6 heteroatoms. The molecule has 1 heterocycles. The van der Waals surface area contributed by atoms with Gasteiger partial charge < -0.3 is 23.7 Å². The molecule has 0 amide bonds. The largest absolute Gasteiger partial charge is 0.379 e. The minimum absolute atomic E-state index is 0.0579. The SMILES string of the molecule is CCCCOCC1OC(SCC)[C@@H](OC)C(OCCCC)[C@@H]1OCCCC. The molecule has 5 atom stereocenters. The number of unbranched alkanes of at least 4 members (excludes halogenated alkanes) is 3. The van der Waals surface area contributed by atoms with Crippen LogP contribution in [-0.4, -0.2) is 69.1 Å². The quantitative estimate of drug-likeness (QED) is 0.347. The Balaban J connectivity index is 2.88. The minimum atomic E-state index is -0.159. The molecule has 162 valence electrons. The lowest BCUT2D eigenvalue weighted by molar-refractivity contribution is -0.242. The van der Waals surface area contributed by atoms with Crippen molar-refractivity contribution in [3.05, 3.63) is 0 Å². The van der Waals surface area contributed by atoms with Crippen LogP contribution in [0.1, 0.15) is 66.2 Å². The van der Waals surface area contributed by atoms with Crippen molar-refractivity contribution in [2.24, 2.45) is 0 Å². The fourth-order valence-corrected chi connectivity index (χ4v) is 4.13. The van der Waals surface area contributed by atoms with Gasteiger partial charge in [0.2, 0.25) is 0 Å². The molecule has 5 nitrogen and oxygen atoms in total. The molecule has 0 aliphatic carbocycles. The standard InChI is InChI=1S/C21H42O5S/c1-6-10-13-23-16-17-18(24-14-11-7-2)19(25-15-12-8-3)20(22-5)21(26-17)27-9-4/h17-21H,6-16H2,1-5H3/t17?,18-,19?,20+,21?/m1/s1. The molecule has 0 aromatic carbocycles. The van der Waals surface area contributed by atoms with Crippen molar-refractivity contribution in [3.8, 4) is 0 Å². The van der Waals surface area contributed by atoms with Gasteiger partial charge in [-0.25, -0.2) is 0 Å². The van der Waals surface area contributed by atoms with Gasteiger partial charge in [0.15, 0.2) is 0 Å². The van der Waals surface area contributed by atoms with E-state index in [1.165, 1.54) is 0 Å². The van der Waals surface area contributed by atoms with Gasteiger partial charge in [-0.15, -0.1) is 11.8 Å². The van der Waals surface area contributed by atoms with E-state index < -0.39 is 0 Å². The van der Waals surface area contributed by atoms with Gasteiger partial charge in [-0.1, -0.05) is 47.0 Å². The molecule has 1 saturated heterocycles. The third-order valence-corrected chi connectivity index (χ3v) is 5.78. The van der Waals surface area contributed by atoms with E-state index in [0.29, 0.717) is 13.2 Å². The van der Waals surface area contributed by atoms with Gasteiger partial charge in [0.1, 0.15) is 29.9 Å². The summed E-state index contributed by atoms with van der Waals surface area (Å²) < 4.78 is 30.7.